The fraction of sp³-hybridized carbons (Fsp3) is 0.688. The number of aryl methyl sites for hydroxylation is 2. The van der Waals surface area contributed by atoms with E-state index in [1.54, 1.807) is 19.0 Å². The second kappa shape index (κ2) is 8.68. The molecule has 1 saturated heterocycles. The summed E-state index contributed by atoms with van der Waals surface area (Å²) in [7, 11) is 3.45. The molecule has 0 aromatic carbocycles. The standard InChI is InChI=1S/C16H27N5O3/c1-11-14(12(2)24-20-11)9-18-16(19-10-15(22)21(3)4)17-8-13-6-5-7-23-13/h13H,5-10H2,1-4H3,(H2,17,18,19). The van der Waals surface area contributed by atoms with Gasteiger partial charge in [-0.1, -0.05) is 5.16 Å². The summed E-state index contributed by atoms with van der Waals surface area (Å²) < 4.78 is 10.8. The van der Waals surface area contributed by atoms with Crippen LogP contribution in [0.1, 0.15) is 29.9 Å². The van der Waals surface area contributed by atoms with Crippen molar-refractivity contribution >= 4 is 11.9 Å². The van der Waals surface area contributed by atoms with E-state index >= 15 is 0 Å². The van der Waals surface area contributed by atoms with E-state index in [1.807, 2.05) is 13.8 Å². The third-order valence-electron chi connectivity index (χ3n) is 4.00. The molecule has 1 aliphatic heterocycles. The molecule has 24 heavy (non-hydrogen) atoms. The number of aliphatic imine (C=N–C) groups is 1. The second-order valence-corrected chi connectivity index (χ2v) is 6.13. The Morgan fingerprint density at radius 1 is 1.38 bits per heavy atom. The molecule has 0 radical (unpaired) electrons. The van der Waals surface area contributed by atoms with Crippen molar-refractivity contribution in [1.82, 2.24) is 20.7 Å². The van der Waals surface area contributed by atoms with Gasteiger partial charge >= 0.3 is 0 Å². The van der Waals surface area contributed by atoms with Gasteiger partial charge in [-0.15, -0.1) is 0 Å². The van der Waals surface area contributed by atoms with Gasteiger partial charge in [-0.3, -0.25) is 4.79 Å². The Morgan fingerprint density at radius 3 is 2.75 bits per heavy atom. The van der Waals surface area contributed by atoms with Crippen LogP contribution >= 0.6 is 0 Å². The van der Waals surface area contributed by atoms with Crippen LogP contribution in [-0.4, -0.2) is 61.8 Å². The van der Waals surface area contributed by atoms with Gasteiger partial charge in [-0.05, 0) is 26.7 Å². The molecule has 0 bridgehead atoms. The number of nitrogens with zero attached hydrogens (tertiary/aromatic N) is 3. The third-order valence-corrected chi connectivity index (χ3v) is 4.00. The van der Waals surface area contributed by atoms with Crippen LogP contribution in [0.3, 0.4) is 0 Å². The molecule has 1 atom stereocenters. The van der Waals surface area contributed by atoms with Gasteiger partial charge in [-0.25, -0.2) is 4.99 Å². The van der Waals surface area contributed by atoms with Gasteiger partial charge in [0.15, 0.2) is 5.96 Å². The summed E-state index contributed by atoms with van der Waals surface area (Å²) in [5.41, 5.74) is 1.80. The predicted octanol–water partition coefficient (Wildman–Crippen LogP) is 0.594. The summed E-state index contributed by atoms with van der Waals surface area (Å²) in [4.78, 5) is 17.9. The molecule has 2 heterocycles. The highest BCUT2D eigenvalue weighted by molar-refractivity contribution is 5.86. The lowest BCUT2D eigenvalue weighted by Crippen LogP contribution is -2.45. The van der Waals surface area contributed by atoms with Crippen LogP contribution in [0, 0.1) is 13.8 Å². The van der Waals surface area contributed by atoms with E-state index in [0.717, 1.165) is 36.5 Å². The van der Waals surface area contributed by atoms with E-state index in [0.29, 0.717) is 19.0 Å². The molecule has 1 amide bonds. The van der Waals surface area contributed by atoms with Crippen LogP contribution in [-0.2, 0) is 16.1 Å². The lowest BCUT2D eigenvalue weighted by atomic mass is 10.2. The molecule has 8 nitrogen and oxygen atoms in total. The first kappa shape index (κ1) is 18.3. The number of aromatic nitrogens is 1. The molecule has 0 saturated carbocycles. The Kier molecular flexibility index (Phi) is 6.60. The summed E-state index contributed by atoms with van der Waals surface area (Å²) in [5.74, 6) is 1.33. The number of amides is 1. The smallest absolute Gasteiger partial charge is 0.241 e. The topological polar surface area (TPSA) is 92.0 Å². The molecule has 1 aromatic heterocycles. The van der Waals surface area contributed by atoms with Crippen molar-refractivity contribution in [2.24, 2.45) is 4.99 Å². The number of guanidine groups is 1. The van der Waals surface area contributed by atoms with Crippen LogP contribution in [0.25, 0.3) is 0 Å². The Hall–Kier alpha value is -2.09. The minimum atomic E-state index is -0.0149. The van der Waals surface area contributed by atoms with Crippen molar-refractivity contribution in [3.05, 3.63) is 17.0 Å². The molecular weight excluding hydrogens is 310 g/mol. The highest BCUT2D eigenvalue weighted by Gasteiger charge is 2.16. The number of hydrogen-bond acceptors (Lipinski definition) is 5. The van der Waals surface area contributed by atoms with Crippen molar-refractivity contribution in [2.75, 3.05) is 33.8 Å². The van der Waals surface area contributed by atoms with Crippen molar-refractivity contribution in [1.29, 1.82) is 0 Å². The zero-order chi connectivity index (χ0) is 17.5. The Bertz CT molecular complexity index is 557. The van der Waals surface area contributed by atoms with Gasteiger partial charge in [0.05, 0.1) is 24.9 Å². The number of ether oxygens (including phenoxy) is 1. The zero-order valence-corrected chi connectivity index (χ0v) is 14.9. The van der Waals surface area contributed by atoms with Gasteiger partial charge in [-0.2, -0.15) is 0 Å². The molecule has 1 aromatic rings. The highest BCUT2D eigenvalue weighted by Crippen LogP contribution is 2.13. The fourth-order valence-electron chi connectivity index (χ4n) is 2.39. The van der Waals surface area contributed by atoms with Gasteiger partial charge in [0.2, 0.25) is 5.91 Å². The Labute approximate surface area is 142 Å². The van der Waals surface area contributed by atoms with Crippen molar-refractivity contribution < 1.29 is 14.1 Å². The van der Waals surface area contributed by atoms with Gasteiger partial charge < -0.3 is 24.8 Å². The number of carbonyl (C=O) groups excluding carboxylic acids is 1. The first-order valence-electron chi connectivity index (χ1n) is 8.23. The maximum absolute atomic E-state index is 11.8. The van der Waals surface area contributed by atoms with E-state index < -0.39 is 0 Å². The van der Waals surface area contributed by atoms with E-state index in [4.69, 9.17) is 9.26 Å². The van der Waals surface area contributed by atoms with Crippen molar-refractivity contribution in [3.63, 3.8) is 0 Å². The average Bonchev–Trinajstić information content (AvgIpc) is 3.17. The SMILES string of the molecule is Cc1noc(C)c1CN=C(NCC(=O)N(C)C)NCC1CCCO1. The molecule has 2 N–H and O–H groups in total. The van der Waals surface area contributed by atoms with E-state index in [-0.39, 0.29) is 18.6 Å². The summed E-state index contributed by atoms with van der Waals surface area (Å²) in [5, 5.41) is 10.3. The molecule has 0 spiro atoms. The van der Waals surface area contributed by atoms with Crippen LogP contribution in [0.5, 0.6) is 0 Å². The Balaban J connectivity index is 1.97. The van der Waals surface area contributed by atoms with E-state index in [9.17, 15) is 4.79 Å². The van der Waals surface area contributed by atoms with Crippen LogP contribution in [0.2, 0.25) is 0 Å². The van der Waals surface area contributed by atoms with Gasteiger partial charge in [0, 0.05) is 32.8 Å². The molecular formula is C16H27N5O3. The largest absolute Gasteiger partial charge is 0.376 e. The minimum Gasteiger partial charge on any atom is -0.376 e. The number of carbonyl (C=O) groups is 1. The normalized spacial score (nSPS) is 17.8. The lowest BCUT2D eigenvalue weighted by molar-refractivity contribution is -0.127. The third kappa shape index (κ3) is 5.23. The summed E-state index contributed by atoms with van der Waals surface area (Å²) in [6.07, 6.45) is 2.33. The number of hydrogen-bond donors (Lipinski definition) is 2. The monoisotopic (exact) mass is 337 g/mol. The molecule has 1 aliphatic rings. The maximum atomic E-state index is 11.8. The molecule has 8 heteroatoms. The highest BCUT2D eigenvalue weighted by atomic mass is 16.5. The molecule has 134 valence electrons. The van der Waals surface area contributed by atoms with Gasteiger partial charge in [0.25, 0.3) is 0 Å². The molecule has 1 unspecified atom stereocenters. The average molecular weight is 337 g/mol. The van der Waals surface area contributed by atoms with Crippen LogP contribution in [0.4, 0.5) is 0 Å². The van der Waals surface area contributed by atoms with Gasteiger partial charge in [0.1, 0.15) is 5.76 Å². The molecule has 2 rings (SSSR count). The van der Waals surface area contributed by atoms with Crippen LogP contribution in [0.15, 0.2) is 9.52 Å². The first-order chi connectivity index (χ1) is 11.5. The number of likely N-dealkylation sites (N-methyl/N-ethyl adjacent to an activating group) is 1. The molecule has 1 fully saturated rings. The summed E-state index contributed by atoms with van der Waals surface area (Å²) >= 11 is 0. The van der Waals surface area contributed by atoms with Crippen molar-refractivity contribution in [2.45, 2.75) is 39.3 Å². The van der Waals surface area contributed by atoms with E-state index in [1.165, 1.54) is 0 Å². The lowest BCUT2D eigenvalue weighted by Gasteiger charge is -2.17. The van der Waals surface area contributed by atoms with E-state index in [2.05, 4.69) is 20.8 Å². The maximum Gasteiger partial charge on any atom is 0.241 e. The Morgan fingerprint density at radius 2 is 2.17 bits per heavy atom. The molecule has 0 aliphatic carbocycles. The quantitative estimate of drug-likeness (QED) is 0.583. The second-order valence-electron chi connectivity index (χ2n) is 6.13. The van der Waals surface area contributed by atoms with Crippen LogP contribution < -0.4 is 10.6 Å². The first-order valence-corrected chi connectivity index (χ1v) is 8.23. The summed E-state index contributed by atoms with van der Waals surface area (Å²) in [6, 6.07) is 0. The van der Waals surface area contributed by atoms with Crippen molar-refractivity contribution in [3.8, 4) is 0 Å². The minimum absolute atomic E-state index is 0.0149. The summed E-state index contributed by atoms with van der Waals surface area (Å²) in [6.45, 7) is 5.87. The zero-order valence-electron chi connectivity index (χ0n) is 14.9. The predicted molar refractivity (Wildman–Crippen MR) is 90.8 cm³/mol. The number of rotatable bonds is 6. The number of nitrogens with one attached hydrogen (secondary N) is 2. The fourth-order valence-corrected chi connectivity index (χ4v) is 2.39.